The molecule has 0 amide bonds. The van der Waals surface area contributed by atoms with Gasteiger partial charge in [-0.25, -0.2) is 9.37 Å². The third-order valence-electron chi connectivity index (χ3n) is 7.32. The van der Waals surface area contributed by atoms with Gasteiger partial charge in [0.25, 0.3) is 0 Å². The Labute approximate surface area is 224 Å². The Morgan fingerprint density at radius 1 is 1.16 bits per heavy atom. The quantitative estimate of drug-likeness (QED) is 0.466. The van der Waals surface area contributed by atoms with Gasteiger partial charge in [-0.05, 0) is 32.0 Å². The van der Waals surface area contributed by atoms with E-state index < -0.39 is 6.17 Å². The second-order valence-corrected chi connectivity index (χ2v) is 10.6. The fourth-order valence-corrected chi connectivity index (χ4v) is 5.24. The van der Waals surface area contributed by atoms with E-state index in [1.54, 1.807) is 12.1 Å². The summed E-state index contributed by atoms with van der Waals surface area (Å²) in [5.41, 5.74) is 2.45. The van der Waals surface area contributed by atoms with E-state index in [2.05, 4.69) is 59.6 Å². The molecule has 2 saturated heterocycles. The van der Waals surface area contributed by atoms with Crippen molar-refractivity contribution in [3.8, 4) is 12.1 Å². The van der Waals surface area contributed by atoms with E-state index in [9.17, 15) is 14.9 Å². The predicted molar refractivity (Wildman–Crippen MR) is 142 cm³/mol. The zero-order valence-corrected chi connectivity index (χ0v) is 21.7. The van der Waals surface area contributed by atoms with E-state index in [0.29, 0.717) is 53.4 Å². The van der Waals surface area contributed by atoms with Gasteiger partial charge >= 0.3 is 0 Å². The minimum absolute atomic E-state index is 0.210. The molecule has 1 aromatic carbocycles. The minimum Gasteiger partial charge on any atom is -0.367 e. The van der Waals surface area contributed by atoms with E-state index >= 15 is 0 Å². The first kappa shape index (κ1) is 24.6. The Morgan fingerprint density at radius 2 is 1.97 bits per heavy atom. The van der Waals surface area contributed by atoms with Crippen molar-refractivity contribution in [3.05, 3.63) is 34.6 Å². The Balaban J connectivity index is 1.30. The first-order chi connectivity index (χ1) is 18.4. The summed E-state index contributed by atoms with van der Waals surface area (Å²) in [4.78, 5) is 15.5. The molecule has 2 aliphatic heterocycles. The van der Waals surface area contributed by atoms with Crippen molar-refractivity contribution in [2.24, 2.45) is 0 Å². The zero-order chi connectivity index (χ0) is 26.4. The number of rotatable bonds is 7. The van der Waals surface area contributed by atoms with E-state index in [4.69, 9.17) is 11.6 Å². The van der Waals surface area contributed by atoms with Gasteiger partial charge < -0.3 is 15.5 Å². The fraction of sp³-hybridized carbons (Fsp3) is 0.480. The zero-order valence-electron chi connectivity index (χ0n) is 20.9. The summed E-state index contributed by atoms with van der Waals surface area (Å²) < 4.78 is 14.8. The first-order valence-electron chi connectivity index (χ1n) is 12.7. The average molecular weight is 536 g/mol. The molecule has 3 aliphatic rings. The van der Waals surface area contributed by atoms with Crippen LogP contribution in [0.25, 0.3) is 5.65 Å². The number of likely N-dealkylation sites (tertiary alicyclic amines) is 1. The molecule has 1 aliphatic carbocycles. The van der Waals surface area contributed by atoms with Gasteiger partial charge in [-0.1, -0.05) is 11.6 Å². The van der Waals surface area contributed by atoms with Crippen LogP contribution in [0.3, 0.4) is 0 Å². The minimum atomic E-state index is -0.733. The molecule has 1 unspecified atom stereocenters. The lowest BCUT2D eigenvalue weighted by atomic mass is 10.1. The molecule has 0 spiro atoms. The lowest BCUT2D eigenvalue weighted by Crippen LogP contribution is -2.59. The van der Waals surface area contributed by atoms with Crippen molar-refractivity contribution in [1.82, 2.24) is 29.4 Å². The molecule has 1 saturated carbocycles. The van der Waals surface area contributed by atoms with Crippen LogP contribution in [0.5, 0.6) is 0 Å². The Hall–Kier alpha value is -3.71. The summed E-state index contributed by atoms with van der Waals surface area (Å²) in [5, 5.41) is 30.7. The molecule has 11 nitrogen and oxygen atoms in total. The maximum absolute atomic E-state index is 13.4. The fourth-order valence-electron chi connectivity index (χ4n) is 4.96. The van der Waals surface area contributed by atoms with Gasteiger partial charge in [-0.15, -0.1) is 5.10 Å². The number of hydrogen-bond donors (Lipinski definition) is 2. The number of piperazine rings is 1. The van der Waals surface area contributed by atoms with Crippen LogP contribution in [0.4, 0.5) is 27.5 Å². The van der Waals surface area contributed by atoms with E-state index in [0.717, 1.165) is 38.2 Å². The molecule has 2 N–H and O–H groups in total. The third kappa shape index (κ3) is 4.78. The maximum atomic E-state index is 13.4. The highest BCUT2D eigenvalue weighted by atomic mass is 35.5. The number of hydrogen-bond acceptors (Lipinski definition) is 10. The number of anilines is 4. The lowest BCUT2D eigenvalue weighted by Gasteiger charge is -2.45. The van der Waals surface area contributed by atoms with Gasteiger partial charge in [0, 0.05) is 51.4 Å². The number of fused-ring (bicyclic) bond motifs is 1. The van der Waals surface area contributed by atoms with Gasteiger partial charge in [0.2, 0.25) is 5.95 Å². The number of nitrogens with zero attached hydrogens (tertiary/aromatic N) is 9. The SMILES string of the molecule is CN1CCN(c2cc(C#N)cc(Nc3nc(NC4CC4)c4ncc(C#N)n4n3)c2Cl)CC1CN1CC(F)C1. The van der Waals surface area contributed by atoms with Crippen LogP contribution >= 0.6 is 11.6 Å². The average Bonchev–Trinajstić information content (AvgIpc) is 3.61. The van der Waals surface area contributed by atoms with Crippen molar-refractivity contribution in [3.63, 3.8) is 0 Å². The molecule has 196 valence electrons. The van der Waals surface area contributed by atoms with E-state index in [-0.39, 0.29) is 17.7 Å². The van der Waals surface area contributed by atoms with Gasteiger partial charge in [-0.2, -0.15) is 20.0 Å². The highest BCUT2D eigenvalue weighted by molar-refractivity contribution is 6.36. The van der Waals surface area contributed by atoms with Crippen molar-refractivity contribution in [2.45, 2.75) is 31.1 Å². The molecular formula is C25H27ClFN11. The topological polar surface area (TPSA) is 124 Å². The van der Waals surface area contributed by atoms with Crippen LogP contribution in [-0.2, 0) is 0 Å². The molecule has 13 heteroatoms. The molecule has 6 rings (SSSR count). The normalized spacial score (nSPS) is 20.7. The van der Waals surface area contributed by atoms with Crippen LogP contribution < -0.4 is 15.5 Å². The van der Waals surface area contributed by atoms with Crippen LogP contribution in [-0.4, -0.2) is 94.0 Å². The number of likely N-dealkylation sites (N-methyl/N-ethyl adjacent to an activating group) is 1. The van der Waals surface area contributed by atoms with Crippen LogP contribution in [0.2, 0.25) is 5.02 Å². The highest BCUT2D eigenvalue weighted by Crippen LogP contribution is 2.37. The standard InChI is InChI=1S/C25H27ClFN11/c1-35-4-5-37(14-19(35)13-36-11-16(27)12-36)21-7-15(8-28)6-20(22(21)26)32-25-33-23(31-17-2-3-17)24-30-10-18(9-29)38(24)34-25/h6-7,10,16-17,19H,2-5,11-14H2,1H3,(H2,31,32,33,34). The van der Waals surface area contributed by atoms with Gasteiger partial charge in [0.15, 0.2) is 17.2 Å². The van der Waals surface area contributed by atoms with Gasteiger partial charge in [0.1, 0.15) is 12.2 Å². The van der Waals surface area contributed by atoms with Gasteiger partial charge in [0.05, 0.1) is 34.2 Å². The first-order valence-corrected chi connectivity index (χ1v) is 13.0. The van der Waals surface area contributed by atoms with Crippen molar-refractivity contribution >= 4 is 40.4 Å². The third-order valence-corrected chi connectivity index (χ3v) is 7.72. The summed E-state index contributed by atoms with van der Waals surface area (Å²) in [5.74, 6) is 0.760. The molecule has 3 fully saturated rings. The summed E-state index contributed by atoms with van der Waals surface area (Å²) in [7, 11) is 2.08. The lowest BCUT2D eigenvalue weighted by molar-refractivity contribution is 0.0380. The monoisotopic (exact) mass is 535 g/mol. The molecular weight excluding hydrogens is 509 g/mol. The molecule has 0 radical (unpaired) electrons. The van der Waals surface area contributed by atoms with Gasteiger partial charge in [-0.3, -0.25) is 9.80 Å². The summed E-state index contributed by atoms with van der Waals surface area (Å²) in [6.45, 7) is 4.01. The van der Waals surface area contributed by atoms with Crippen LogP contribution in [0.15, 0.2) is 18.3 Å². The number of imidazole rings is 1. The molecule has 4 heterocycles. The highest BCUT2D eigenvalue weighted by Gasteiger charge is 2.33. The van der Waals surface area contributed by atoms with Crippen LogP contribution in [0, 0.1) is 22.7 Å². The number of halogens is 2. The summed E-state index contributed by atoms with van der Waals surface area (Å²) in [6.07, 6.45) is 2.82. The number of nitrogens with one attached hydrogen (secondary N) is 2. The number of nitriles is 2. The Bertz CT molecular complexity index is 1450. The number of benzene rings is 1. The number of alkyl halides is 1. The van der Waals surface area contributed by atoms with Crippen LogP contribution in [0.1, 0.15) is 24.1 Å². The molecule has 1 atom stereocenters. The molecule has 0 bridgehead atoms. The maximum Gasteiger partial charge on any atom is 0.247 e. The smallest absolute Gasteiger partial charge is 0.247 e. The summed E-state index contributed by atoms with van der Waals surface area (Å²) in [6, 6.07) is 8.32. The van der Waals surface area contributed by atoms with Crippen molar-refractivity contribution in [1.29, 1.82) is 10.5 Å². The summed E-state index contributed by atoms with van der Waals surface area (Å²) >= 11 is 6.93. The van der Waals surface area contributed by atoms with Crippen molar-refractivity contribution in [2.75, 3.05) is 61.8 Å². The largest absolute Gasteiger partial charge is 0.367 e. The van der Waals surface area contributed by atoms with E-state index in [1.165, 1.54) is 10.7 Å². The molecule has 2 aromatic heterocycles. The Morgan fingerprint density at radius 3 is 2.68 bits per heavy atom. The predicted octanol–water partition coefficient (Wildman–Crippen LogP) is 2.61. The van der Waals surface area contributed by atoms with Crippen molar-refractivity contribution < 1.29 is 4.39 Å². The number of aromatic nitrogens is 4. The van der Waals surface area contributed by atoms with E-state index in [1.807, 2.05) is 0 Å². The second kappa shape index (κ2) is 9.87. The molecule has 3 aromatic rings. The second-order valence-electron chi connectivity index (χ2n) is 10.2. The Kier molecular flexibility index (Phi) is 6.40. The molecule has 38 heavy (non-hydrogen) atoms.